The molecule has 0 aliphatic carbocycles. The van der Waals surface area contributed by atoms with E-state index in [4.69, 9.17) is 16.3 Å². The minimum absolute atomic E-state index is 0.0479. The third-order valence-corrected chi connectivity index (χ3v) is 8.09. The minimum Gasteiger partial charge on any atom is -0.494 e. The van der Waals surface area contributed by atoms with Gasteiger partial charge in [0.25, 0.3) is 10.0 Å². The van der Waals surface area contributed by atoms with Gasteiger partial charge in [-0.25, -0.2) is 8.42 Å². The number of likely N-dealkylation sites (N-methyl/N-ethyl adjacent to an activating group) is 1. The van der Waals surface area contributed by atoms with Gasteiger partial charge in [0.05, 0.1) is 17.2 Å². The average molecular weight is 572 g/mol. The number of carbonyl (C=O) groups excluding carboxylic acids is 2. The van der Waals surface area contributed by atoms with Crippen molar-refractivity contribution in [3.05, 3.63) is 89.4 Å². The summed E-state index contributed by atoms with van der Waals surface area (Å²) in [5.74, 6) is -0.242. The van der Waals surface area contributed by atoms with Gasteiger partial charge < -0.3 is 15.0 Å². The van der Waals surface area contributed by atoms with Crippen molar-refractivity contribution >= 4 is 39.1 Å². The van der Waals surface area contributed by atoms with Crippen LogP contribution in [0.3, 0.4) is 0 Å². The smallest absolute Gasteiger partial charge is 0.264 e. The quantitative estimate of drug-likeness (QED) is 0.315. The van der Waals surface area contributed by atoms with Crippen molar-refractivity contribution in [1.82, 2.24) is 10.2 Å². The Morgan fingerprint density at radius 2 is 1.56 bits per heavy atom. The summed E-state index contributed by atoms with van der Waals surface area (Å²) in [5.41, 5.74) is 1.06. The van der Waals surface area contributed by atoms with E-state index in [1.54, 1.807) is 73.7 Å². The second-order valence-electron chi connectivity index (χ2n) is 8.72. The van der Waals surface area contributed by atoms with Gasteiger partial charge in [-0.2, -0.15) is 0 Å². The second-order valence-corrected chi connectivity index (χ2v) is 11.0. The van der Waals surface area contributed by atoms with Crippen LogP contribution in [0, 0.1) is 0 Å². The largest absolute Gasteiger partial charge is 0.494 e. The molecule has 1 atom stereocenters. The number of sulfonamides is 1. The van der Waals surface area contributed by atoms with Crippen molar-refractivity contribution in [2.45, 2.75) is 44.7 Å². The van der Waals surface area contributed by atoms with E-state index in [0.717, 1.165) is 9.87 Å². The Bertz CT molecular complexity index is 1330. The molecule has 0 saturated heterocycles. The fourth-order valence-electron chi connectivity index (χ4n) is 4.12. The van der Waals surface area contributed by atoms with Crippen molar-refractivity contribution in [1.29, 1.82) is 0 Å². The van der Waals surface area contributed by atoms with Crippen LogP contribution in [-0.2, 0) is 26.2 Å². The number of hydrogen-bond donors (Lipinski definition) is 1. The van der Waals surface area contributed by atoms with Gasteiger partial charge in [-0.3, -0.25) is 13.9 Å². The highest BCUT2D eigenvalue weighted by Gasteiger charge is 2.33. The van der Waals surface area contributed by atoms with Crippen LogP contribution in [0.2, 0.25) is 5.02 Å². The molecular formula is C29H34ClN3O5S. The van der Waals surface area contributed by atoms with E-state index in [9.17, 15) is 18.0 Å². The summed E-state index contributed by atoms with van der Waals surface area (Å²) < 4.78 is 34.2. The first-order valence-electron chi connectivity index (χ1n) is 12.8. The summed E-state index contributed by atoms with van der Waals surface area (Å²) >= 11 is 6.04. The summed E-state index contributed by atoms with van der Waals surface area (Å²) in [7, 11) is -4.12. The van der Waals surface area contributed by atoms with Gasteiger partial charge in [0.1, 0.15) is 18.3 Å². The van der Waals surface area contributed by atoms with Crippen LogP contribution in [0.1, 0.15) is 32.8 Å². The molecule has 0 aromatic heterocycles. The van der Waals surface area contributed by atoms with E-state index in [0.29, 0.717) is 36.0 Å². The molecule has 39 heavy (non-hydrogen) atoms. The SMILES string of the molecule is CCNC(=O)C(CC)N(Cc1ccc(Cl)cc1)C(=O)CN(c1ccc(OCC)cc1)S(=O)(=O)c1ccccc1. The van der Waals surface area contributed by atoms with Gasteiger partial charge in [-0.1, -0.05) is 48.9 Å². The highest BCUT2D eigenvalue weighted by Crippen LogP contribution is 2.27. The molecule has 0 fully saturated rings. The Morgan fingerprint density at radius 1 is 0.923 bits per heavy atom. The van der Waals surface area contributed by atoms with Crippen LogP contribution in [0.15, 0.2) is 83.8 Å². The van der Waals surface area contributed by atoms with Crippen molar-refractivity contribution < 1.29 is 22.7 Å². The maximum absolute atomic E-state index is 13.9. The Kier molecular flexibility index (Phi) is 10.8. The number of nitrogens with zero attached hydrogens (tertiary/aromatic N) is 2. The summed E-state index contributed by atoms with van der Waals surface area (Å²) in [6, 6.07) is 20.6. The fourth-order valence-corrected chi connectivity index (χ4v) is 5.68. The third-order valence-electron chi connectivity index (χ3n) is 6.05. The molecule has 3 aromatic carbocycles. The molecule has 8 nitrogen and oxygen atoms in total. The molecule has 0 spiro atoms. The molecule has 0 saturated carbocycles. The molecule has 3 aromatic rings. The van der Waals surface area contributed by atoms with Gasteiger partial charge in [0.2, 0.25) is 11.8 Å². The summed E-state index contributed by atoms with van der Waals surface area (Å²) in [6.45, 7) is 5.93. The van der Waals surface area contributed by atoms with E-state index < -0.39 is 28.5 Å². The van der Waals surface area contributed by atoms with Gasteiger partial charge >= 0.3 is 0 Å². The monoisotopic (exact) mass is 571 g/mol. The van der Waals surface area contributed by atoms with E-state index in [2.05, 4.69) is 5.32 Å². The molecule has 1 unspecified atom stereocenters. The Morgan fingerprint density at radius 3 is 2.13 bits per heavy atom. The Balaban J connectivity index is 2.04. The van der Waals surface area contributed by atoms with Crippen LogP contribution in [-0.4, -0.2) is 50.9 Å². The molecule has 0 heterocycles. The van der Waals surface area contributed by atoms with Crippen LogP contribution in [0.4, 0.5) is 5.69 Å². The van der Waals surface area contributed by atoms with Gasteiger partial charge in [-0.15, -0.1) is 0 Å². The number of benzene rings is 3. The molecule has 0 aliphatic rings. The lowest BCUT2D eigenvalue weighted by Gasteiger charge is -2.33. The number of anilines is 1. The van der Waals surface area contributed by atoms with Crippen molar-refractivity contribution in [3.63, 3.8) is 0 Å². The number of carbonyl (C=O) groups is 2. The summed E-state index contributed by atoms with van der Waals surface area (Å²) in [5, 5.41) is 3.33. The highest BCUT2D eigenvalue weighted by atomic mass is 35.5. The molecular weight excluding hydrogens is 538 g/mol. The lowest BCUT2D eigenvalue weighted by Crippen LogP contribution is -2.52. The fraction of sp³-hybridized carbons (Fsp3) is 0.310. The van der Waals surface area contributed by atoms with E-state index >= 15 is 0 Å². The van der Waals surface area contributed by atoms with Crippen molar-refractivity contribution in [2.75, 3.05) is 24.0 Å². The maximum Gasteiger partial charge on any atom is 0.264 e. The standard InChI is InChI=1S/C29H34ClN3O5S/c1-4-27(29(35)31-5-2)32(20-22-12-14-23(30)15-13-22)28(34)21-33(24-16-18-25(19-17-24)38-6-3)39(36,37)26-10-8-7-9-11-26/h7-19,27H,4-6,20-21H2,1-3H3,(H,31,35). The van der Waals surface area contributed by atoms with Gasteiger partial charge in [-0.05, 0) is 74.4 Å². The maximum atomic E-state index is 13.9. The number of hydrogen-bond acceptors (Lipinski definition) is 5. The lowest BCUT2D eigenvalue weighted by molar-refractivity contribution is -0.140. The van der Waals surface area contributed by atoms with E-state index in [1.165, 1.54) is 17.0 Å². The van der Waals surface area contributed by atoms with Crippen LogP contribution >= 0.6 is 11.6 Å². The first kappa shape index (κ1) is 30.0. The molecule has 208 valence electrons. The normalized spacial score (nSPS) is 11.9. The predicted octanol–water partition coefficient (Wildman–Crippen LogP) is 4.88. The Labute approximate surface area is 235 Å². The number of rotatable bonds is 13. The van der Waals surface area contributed by atoms with Crippen molar-refractivity contribution in [3.8, 4) is 5.75 Å². The van der Waals surface area contributed by atoms with Crippen molar-refractivity contribution in [2.24, 2.45) is 0 Å². The van der Waals surface area contributed by atoms with E-state index in [-0.39, 0.29) is 17.3 Å². The van der Waals surface area contributed by atoms with Crippen LogP contribution < -0.4 is 14.4 Å². The number of nitrogens with one attached hydrogen (secondary N) is 1. The summed E-state index contributed by atoms with van der Waals surface area (Å²) in [4.78, 5) is 28.4. The minimum atomic E-state index is -4.12. The predicted molar refractivity (Wildman–Crippen MR) is 153 cm³/mol. The van der Waals surface area contributed by atoms with Gasteiger partial charge in [0.15, 0.2) is 0 Å². The third kappa shape index (κ3) is 7.74. The molecule has 0 radical (unpaired) electrons. The molecule has 3 rings (SSSR count). The highest BCUT2D eigenvalue weighted by molar-refractivity contribution is 7.92. The van der Waals surface area contributed by atoms with Crippen LogP contribution in [0.5, 0.6) is 5.75 Å². The zero-order valence-electron chi connectivity index (χ0n) is 22.3. The first-order chi connectivity index (χ1) is 18.7. The first-order valence-corrected chi connectivity index (χ1v) is 14.6. The Hall–Kier alpha value is -3.56. The van der Waals surface area contributed by atoms with Crippen LogP contribution in [0.25, 0.3) is 0 Å². The number of halogens is 1. The zero-order valence-corrected chi connectivity index (χ0v) is 23.9. The van der Waals surface area contributed by atoms with Gasteiger partial charge in [0, 0.05) is 18.1 Å². The number of amides is 2. The van der Waals surface area contributed by atoms with E-state index in [1.807, 2.05) is 13.8 Å². The molecule has 0 aliphatic heterocycles. The summed E-state index contributed by atoms with van der Waals surface area (Å²) in [6.07, 6.45) is 0.347. The number of ether oxygens (including phenoxy) is 1. The zero-order chi connectivity index (χ0) is 28.4. The lowest BCUT2D eigenvalue weighted by atomic mass is 10.1. The topological polar surface area (TPSA) is 96.0 Å². The molecule has 0 bridgehead atoms. The molecule has 10 heteroatoms. The molecule has 1 N–H and O–H groups in total. The molecule has 2 amide bonds. The average Bonchev–Trinajstić information content (AvgIpc) is 2.94. The second kappa shape index (κ2) is 14.0.